The van der Waals surface area contributed by atoms with Crippen molar-refractivity contribution in [1.82, 2.24) is 9.97 Å². The van der Waals surface area contributed by atoms with E-state index in [0.29, 0.717) is 34.8 Å². The van der Waals surface area contributed by atoms with Gasteiger partial charge in [-0.2, -0.15) is 0 Å². The molecule has 4 rings (SSSR count). The first-order chi connectivity index (χ1) is 17.9. The summed E-state index contributed by atoms with van der Waals surface area (Å²) in [6, 6.07) is 8.31. The van der Waals surface area contributed by atoms with Crippen LogP contribution in [-0.4, -0.2) is 42.8 Å². The molecule has 0 unspecified atom stereocenters. The second kappa shape index (κ2) is 12.4. The lowest BCUT2D eigenvalue weighted by Gasteiger charge is -2.33. The molecular formula is C27H32ClFN4O4. The number of carbonyl (C=O) groups excluding carboxylic acids is 1. The van der Waals surface area contributed by atoms with E-state index in [2.05, 4.69) is 15.3 Å². The van der Waals surface area contributed by atoms with Crippen LogP contribution in [0.2, 0.25) is 5.02 Å². The van der Waals surface area contributed by atoms with Crippen molar-refractivity contribution < 1.29 is 23.4 Å². The van der Waals surface area contributed by atoms with E-state index < -0.39 is 5.82 Å². The molecule has 3 aromatic rings. The van der Waals surface area contributed by atoms with Crippen LogP contribution in [0.25, 0.3) is 10.9 Å². The van der Waals surface area contributed by atoms with Gasteiger partial charge in [-0.15, -0.1) is 0 Å². The first-order valence-corrected chi connectivity index (χ1v) is 12.8. The maximum Gasteiger partial charge on any atom is 0.308 e. The third-order valence-electron chi connectivity index (χ3n) is 6.93. The van der Waals surface area contributed by atoms with Crippen molar-refractivity contribution in [1.29, 1.82) is 0 Å². The SMILES string of the molecule is COC(=O)[C@@H](CCCN)C1CCC(Oc2cc3c(Nc4cccc(Cl)c4F)ncnc3cc2OC)CC1. The van der Waals surface area contributed by atoms with E-state index in [1.165, 1.54) is 19.5 Å². The van der Waals surface area contributed by atoms with Crippen molar-refractivity contribution in [3.63, 3.8) is 0 Å². The van der Waals surface area contributed by atoms with Gasteiger partial charge in [-0.3, -0.25) is 4.79 Å². The van der Waals surface area contributed by atoms with Crippen LogP contribution in [0.1, 0.15) is 38.5 Å². The molecular weight excluding hydrogens is 499 g/mol. The van der Waals surface area contributed by atoms with Gasteiger partial charge in [-0.1, -0.05) is 17.7 Å². The molecule has 0 saturated heterocycles. The summed E-state index contributed by atoms with van der Waals surface area (Å²) in [5.41, 5.74) is 6.50. The zero-order valence-corrected chi connectivity index (χ0v) is 21.8. The molecule has 0 aliphatic heterocycles. The fourth-order valence-electron chi connectivity index (χ4n) is 4.97. The van der Waals surface area contributed by atoms with Crippen LogP contribution < -0.4 is 20.5 Å². The van der Waals surface area contributed by atoms with Crippen molar-refractivity contribution in [3.05, 3.63) is 47.5 Å². The first kappa shape index (κ1) is 26.9. The maximum atomic E-state index is 14.5. The molecule has 1 aliphatic rings. The molecule has 37 heavy (non-hydrogen) atoms. The minimum absolute atomic E-state index is 0.0159. The number of fused-ring (bicyclic) bond motifs is 1. The Kier molecular flexibility index (Phi) is 9.00. The van der Waals surface area contributed by atoms with Gasteiger partial charge in [0.15, 0.2) is 17.3 Å². The Morgan fingerprint density at radius 2 is 1.97 bits per heavy atom. The van der Waals surface area contributed by atoms with Gasteiger partial charge in [0.2, 0.25) is 0 Å². The highest BCUT2D eigenvalue weighted by atomic mass is 35.5. The molecule has 8 nitrogen and oxygen atoms in total. The Hall–Kier alpha value is -3.17. The highest BCUT2D eigenvalue weighted by Crippen LogP contribution is 2.39. The molecule has 1 aromatic heterocycles. The van der Waals surface area contributed by atoms with Gasteiger partial charge in [0.1, 0.15) is 12.1 Å². The van der Waals surface area contributed by atoms with E-state index in [1.54, 1.807) is 25.3 Å². The number of aromatic nitrogens is 2. The summed E-state index contributed by atoms with van der Waals surface area (Å²) >= 11 is 5.94. The normalized spacial score (nSPS) is 18.3. The zero-order valence-electron chi connectivity index (χ0n) is 21.0. The van der Waals surface area contributed by atoms with E-state index in [4.69, 9.17) is 31.5 Å². The molecule has 0 spiro atoms. The highest BCUT2D eigenvalue weighted by Gasteiger charge is 2.33. The van der Waals surface area contributed by atoms with E-state index in [-0.39, 0.29) is 34.6 Å². The molecule has 1 atom stereocenters. The van der Waals surface area contributed by atoms with Crippen LogP contribution >= 0.6 is 11.6 Å². The fraction of sp³-hybridized carbons (Fsp3) is 0.444. The number of nitrogens with one attached hydrogen (secondary N) is 1. The van der Waals surface area contributed by atoms with Gasteiger partial charge in [0, 0.05) is 11.5 Å². The molecule has 10 heteroatoms. The lowest BCUT2D eigenvalue weighted by Crippen LogP contribution is -2.32. The van der Waals surface area contributed by atoms with Crippen molar-refractivity contribution in [2.45, 2.75) is 44.6 Å². The average molecular weight is 531 g/mol. The number of halogens is 2. The summed E-state index contributed by atoms with van der Waals surface area (Å²) < 4.78 is 31.5. The topological polar surface area (TPSA) is 109 Å². The van der Waals surface area contributed by atoms with Crippen LogP contribution in [0.3, 0.4) is 0 Å². The number of benzene rings is 2. The van der Waals surface area contributed by atoms with Gasteiger partial charge in [0.25, 0.3) is 0 Å². The molecule has 2 aromatic carbocycles. The summed E-state index contributed by atoms with van der Waals surface area (Å²) in [4.78, 5) is 21.0. The average Bonchev–Trinajstić information content (AvgIpc) is 2.92. The number of anilines is 2. The molecule has 0 bridgehead atoms. The van der Waals surface area contributed by atoms with Crippen molar-refractivity contribution in [3.8, 4) is 11.5 Å². The molecule has 3 N–H and O–H groups in total. The predicted octanol–water partition coefficient (Wildman–Crippen LogP) is 5.64. The number of rotatable bonds is 10. The smallest absolute Gasteiger partial charge is 0.308 e. The van der Waals surface area contributed by atoms with Crippen LogP contribution in [0, 0.1) is 17.7 Å². The number of carbonyl (C=O) groups is 1. The molecule has 1 fully saturated rings. The Morgan fingerprint density at radius 3 is 2.68 bits per heavy atom. The zero-order chi connectivity index (χ0) is 26.4. The number of hydrogen-bond donors (Lipinski definition) is 2. The monoisotopic (exact) mass is 530 g/mol. The van der Waals surface area contributed by atoms with Gasteiger partial charge >= 0.3 is 5.97 Å². The summed E-state index contributed by atoms with van der Waals surface area (Å²) in [7, 11) is 3.01. The Labute approximate surface area is 220 Å². The molecule has 1 heterocycles. The first-order valence-electron chi connectivity index (χ1n) is 12.4. The van der Waals surface area contributed by atoms with Crippen molar-refractivity contribution in [2.75, 3.05) is 26.1 Å². The van der Waals surface area contributed by atoms with Gasteiger partial charge in [-0.05, 0) is 69.2 Å². The van der Waals surface area contributed by atoms with Crippen molar-refractivity contribution >= 4 is 40.0 Å². The Balaban J connectivity index is 1.53. The summed E-state index contributed by atoms with van der Waals surface area (Å²) in [5.74, 6) is 0.901. The third-order valence-corrected chi connectivity index (χ3v) is 7.22. The number of methoxy groups -OCH3 is 2. The summed E-state index contributed by atoms with van der Waals surface area (Å²) in [6.07, 6.45) is 6.20. The van der Waals surface area contributed by atoms with E-state index in [0.717, 1.165) is 38.5 Å². The van der Waals surface area contributed by atoms with Crippen LogP contribution in [0.5, 0.6) is 11.5 Å². The largest absolute Gasteiger partial charge is 0.493 e. The lowest BCUT2D eigenvalue weighted by atomic mass is 9.77. The number of hydrogen-bond acceptors (Lipinski definition) is 8. The van der Waals surface area contributed by atoms with Crippen LogP contribution in [0.4, 0.5) is 15.9 Å². The molecule has 1 saturated carbocycles. The quantitative estimate of drug-likeness (QED) is 0.324. The number of esters is 1. The lowest BCUT2D eigenvalue weighted by molar-refractivity contribution is -0.148. The molecule has 0 radical (unpaired) electrons. The van der Waals surface area contributed by atoms with E-state index in [9.17, 15) is 9.18 Å². The second-order valence-corrected chi connectivity index (χ2v) is 9.59. The molecule has 0 amide bonds. The van der Waals surface area contributed by atoms with Gasteiger partial charge < -0.3 is 25.3 Å². The molecule has 198 valence electrons. The Bertz CT molecular complexity index is 1240. The third kappa shape index (κ3) is 6.22. The minimum Gasteiger partial charge on any atom is -0.493 e. The standard InChI is InChI=1S/C27H32ClFN4O4/c1-35-23-14-22-19(26(32-15-31-22)33-21-7-3-6-20(28)25(21)29)13-24(23)37-17-10-8-16(9-11-17)18(5-4-12-30)27(34)36-2/h3,6-7,13-18H,4-5,8-12,30H2,1-2H3,(H,31,32,33)/t16?,17?,18-/m0/s1. The number of nitrogens with zero attached hydrogens (tertiary/aromatic N) is 2. The second-order valence-electron chi connectivity index (χ2n) is 9.18. The summed E-state index contributed by atoms with van der Waals surface area (Å²) in [6.45, 7) is 0.554. The van der Waals surface area contributed by atoms with Gasteiger partial charge in [-0.25, -0.2) is 14.4 Å². The summed E-state index contributed by atoms with van der Waals surface area (Å²) in [5, 5.41) is 3.68. The van der Waals surface area contributed by atoms with E-state index in [1.807, 2.05) is 6.07 Å². The van der Waals surface area contributed by atoms with Crippen LogP contribution in [0.15, 0.2) is 36.7 Å². The Morgan fingerprint density at radius 1 is 1.19 bits per heavy atom. The number of ether oxygens (including phenoxy) is 3. The fourth-order valence-corrected chi connectivity index (χ4v) is 5.14. The predicted molar refractivity (Wildman–Crippen MR) is 141 cm³/mol. The van der Waals surface area contributed by atoms with Gasteiger partial charge in [0.05, 0.1) is 42.5 Å². The molecule has 1 aliphatic carbocycles. The number of nitrogens with two attached hydrogens (primary N) is 1. The highest BCUT2D eigenvalue weighted by molar-refractivity contribution is 6.31. The van der Waals surface area contributed by atoms with E-state index >= 15 is 0 Å². The maximum absolute atomic E-state index is 14.5. The van der Waals surface area contributed by atoms with Crippen LogP contribution in [-0.2, 0) is 9.53 Å². The van der Waals surface area contributed by atoms with Crippen molar-refractivity contribution in [2.24, 2.45) is 17.6 Å². The minimum atomic E-state index is -0.561.